The zero-order valence-electron chi connectivity index (χ0n) is 30.0. The first-order valence-electron chi connectivity index (χ1n) is 18.9. The van der Waals surface area contributed by atoms with Gasteiger partial charge in [-0.25, -0.2) is 0 Å². The number of benzene rings is 3. The van der Waals surface area contributed by atoms with Crippen LogP contribution in [0.1, 0.15) is 112 Å². The van der Waals surface area contributed by atoms with Crippen LogP contribution in [0.3, 0.4) is 0 Å². The summed E-state index contributed by atoms with van der Waals surface area (Å²) in [7, 11) is 3.48. The Hall–Kier alpha value is -3.02. The van der Waals surface area contributed by atoms with Crippen molar-refractivity contribution in [3.05, 3.63) is 95.1 Å². The molecule has 1 saturated carbocycles. The van der Waals surface area contributed by atoms with E-state index in [1.54, 1.807) is 14.2 Å². The Morgan fingerprint density at radius 3 is 2.10 bits per heavy atom. The van der Waals surface area contributed by atoms with Gasteiger partial charge in [0, 0.05) is 23.9 Å². The number of rotatable bonds is 14. The van der Waals surface area contributed by atoms with Gasteiger partial charge in [-0.15, -0.1) is 12.4 Å². The van der Waals surface area contributed by atoms with Gasteiger partial charge in [-0.05, 0) is 124 Å². The van der Waals surface area contributed by atoms with Gasteiger partial charge in [0.25, 0.3) is 0 Å². The molecule has 3 aromatic rings. The summed E-state index contributed by atoms with van der Waals surface area (Å²) in [4.78, 5) is 15.7. The normalized spacial score (nSPS) is 19.9. The van der Waals surface area contributed by atoms with Gasteiger partial charge in [0.2, 0.25) is 5.91 Å². The molecule has 1 N–H and O–H groups in total. The van der Waals surface area contributed by atoms with Crippen LogP contribution in [0.15, 0.2) is 72.8 Å². The number of nitrogens with zero attached hydrogens (tertiary/aromatic N) is 1. The number of carbonyl (C=O) groups excluding carboxylic acids is 1. The Kier molecular flexibility index (Phi) is 13.5. The van der Waals surface area contributed by atoms with Crippen LogP contribution in [0.5, 0.6) is 11.5 Å². The molecule has 1 unspecified atom stereocenters. The number of nitrogens with one attached hydrogen (secondary N) is 1. The van der Waals surface area contributed by atoms with E-state index in [0.29, 0.717) is 12.3 Å². The average molecular weight is 687 g/mol. The summed E-state index contributed by atoms with van der Waals surface area (Å²) in [5.41, 5.74) is 5.76. The fourth-order valence-electron chi connectivity index (χ4n) is 9.45. The minimum atomic E-state index is -0.0946. The zero-order chi connectivity index (χ0) is 33.2. The molecular formula is C43H59ClN2O3. The van der Waals surface area contributed by atoms with E-state index in [9.17, 15) is 4.79 Å². The highest BCUT2D eigenvalue weighted by atomic mass is 35.5. The molecule has 1 aliphatic heterocycles. The molecule has 49 heavy (non-hydrogen) atoms. The van der Waals surface area contributed by atoms with Crippen molar-refractivity contribution in [1.82, 2.24) is 10.2 Å². The molecule has 3 aromatic carbocycles. The first-order chi connectivity index (χ1) is 23.5. The summed E-state index contributed by atoms with van der Waals surface area (Å²) in [6.07, 6.45) is 18.5. The van der Waals surface area contributed by atoms with E-state index in [1.807, 2.05) is 0 Å². The first kappa shape index (κ1) is 37.2. The van der Waals surface area contributed by atoms with Gasteiger partial charge in [-0.2, -0.15) is 0 Å². The number of hydrogen-bond donors (Lipinski definition) is 1. The molecular weight excluding hydrogens is 628 g/mol. The Balaban J connectivity index is 0.00000468. The topological polar surface area (TPSA) is 50.8 Å². The molecule has 1 amide bonds. The number of ether oxygens (including phenoxy) is 2. The lowest BCUT2D eigenvalue weighted by Crippen LogP contribution is -2.55. The van der Waals surface area contributed by atoms with E-state index in [4.69, 9.17) is 9.47 Å². The van der Waals surface area contributed by atoms with Crippen molar-refractivity contribution in [2.75, 3.05) is 33.9 Å². The number of methoxy groups -OCH3 is 2. The Morgan fingerprint density at radius 2 is 1.45 bits per heavy atom. The van der Waals surface area contributed by atoms with Crippen LogP contribution >= 0.6 is 12.4 Å². The summed E-state index contributed by atoms with van der Waals surface area (Å²) < 4.78 is 11.4. The first-order valence-corrected chi connectivity index (χ1v) is 18.9. The summed E-state index contributed by atoms with van der Waals surface area (Å²) in [6.45, 7) is 3.04. The number of carbonyl (C=O) groups is 1. The number of halogens is 1. The second kappa shape index (κ2) is 17.8. The quantitative estimate of drug-likeness (QED) is 0.172. The highest BCUT2D eigenvalue weighted by Gasteiger charge is 2.42. The van der Waals surface area contributed by atoms with Crippen molar-refractivity contribution in [3.63, 3.8) is 0 Å². The fourth-order valence-corrected chi connectivity index (χ4v) is 9.45. The summed E-state index contributed by atoms with van der Waals surface area (Å²) in [5.74, 6) is 2.51. The molecule has 2 aliphatic carbocycles. The van der Waals surface area contributed by atoms with Gasteiger partial charge in [0.1, 0.15) is 0 Å². The maximum atomic E-state index is 12.9. The van der Waals surface area contributed by atoms with E-state index in [-0.39, 0.29) is 29.3 Å². The van der Waals surface area contributed by atoms with E-state index in [0.717, 1.165) is 63.1 Å². The van der Waals surface area contributed by atoms with Gasteiger partial charge in [0.15, 0.2) is 11.5 Å². The highest BCUT2D eigenvalue weighted by molar-refractivity contribution is 5.85. The molecule has 1 saturated heterocycles. The number of piperidine rings is 1. The maximum Gasteiger partial charge on any atom is 0.220 e. The van der Waals surface area contributed by atoms with Gasteiger partial charge >= 0.3 is 0 Å². The molecule has 1 heterocycles. The predicted octanol–water partition coefficient (Wildman–Crippen LogP) is 9.47. The summed E-state index contributed by atoms with van der Waals surface area (Å²) >= 11 is 0. The van der Waals surface area contributed by atoms with Crippen LogP contribution in [0.4, 0.5) is 0 Å². The Bertz CT molecular complexity index is 1420. The van der Waals surface area contributed by atoms with Crippen molar-refractivity contribution in [2.45, 2.75) is 114 Å². The van der Waals surface area contributed by atoms with Crippen molar-refractivity contribution < 1.29 is 14.3 Å². The van der Waals surface area contributed by atoms with Crippen LogP contribution in [-0.4, -0.2) is 50.2 Å². The molecule has 266 valence electrons. The number of hydrogen-bond acceptors (Lipinski definition) is 4. The monoisotopic (exact) mass is 686 g/mol. The van der Waals surface area contributed by atoms with Gasteiger partial charge in [-0.3, -0.25) is 9.69 Å². The van der Waals surface area contributed by atoms with Crippen LogP contribution in [0.2, 0.25) is 0 Å². The van der Waals surface area contributed by atoms with Crippen molar-refractivity contribution in [3.8, 4) is 11.5 Å². The van der Waals surface area contributed by atoms with Crippen molar-refractivity contribution in [2.24, 2.45) is 5.92 Å². The van der Waals surface area contributed by atoms with Crippen LogP contribution in [-0.2, 0) is 23.1 Å². The highest BCUT2D eigenvalue weighted by Crippen LogP contribution is 2.45. The SMILES string of the molecule is COc1cc2c(cc1OC)CC1(CCCCN1CCCC(CCCNC(=O)CC1CCCCC1)(c1ccccc1)c1ccccc1)CC2.Cl. The molecule has 0 aromatic heterocycles. The number of fused-ring (bicyclic) bond motifs is 1. The van der Waals surface area contributed by atoms with Crippen molar-refractivity contribution in [1.29, 1.82) is 0 Å². The molecule has 0 bridgehead atoms. The second-order valence-electron chi connectivity index (χ2n) is 14.9. The van der Waals surface area contributed by atoms with E-state index in [2.05, 4.69) is 83.0 Å². The van der Waals surface area contributed by atoms with Gasteiger partial charge in [0.05, 0.1) is 14.2 Å². The molecule has 1 spiro atoms. The van der Waals surface area contributed by atoms with Gasteiger partial charge < -0.3 is 14.8 Å². The third-order valence-electron chi connectivity index (χ3n) is 12.1. The van der Waals surface area contributed by atoms with E-state index < -0.39 is 0 Å². The number of amides is 1. The second-order valence-corrected chi connectivity index (χ2v) is 14.9. The average Bonchev–Trinajstić information content (AvgIpc) is 3.14. The molecule has 5 nitrogen and oxygen atoms in total. The number of aryl methyl sites for hydroxylation is 1. The Labute approximate surface area is 302 Å². The number of likely N-dealkylation sites (tertiary alicyclic amines) is 1. The zero-order valence-corrected chi connectivity index (χ0v) is 30.8. The third kappa shape index (κ3) is 8.83. The molecule has 2 fully saturated rings. The predicted molar refractivity (Wildman–Crippen MR) is 203 cm³/mol. The summed E-state index contributed by atoms with van der Waals surface area (Å²) in [5, 5.41) is 3.31. The maximum absolute atomic E-state index is 12.9. The lowest BCUT2D eigenvalue weighted by Gasteiger charge is -2.50. The smallest absolute Gasteiger partial charge is 0.220 e. The molecule has 6 rings (SSSR count). The minimum Gasteiger partial charge on any atom is -0.493 e. The summed E-state index contributed by atoms with van der Waals surface area (Å²) in [6, 6.07) is 26.8. The minimum absolute atomic E-state index is 0. The molecule has 6 heteroatoms. The van der Waals surface area contributed by atoms with Gasteiger partial charge in [-0.1, -0.05) is 86.3 Å². The molecule has 1 atom stereocenters. The fraction of sp³-hybridized carbons (Fsp3) is 0.558. The van der Waals surface area contributed by atoms with Crippen LogP contribution in [0, 0.1) is 5.92 Å². The van der Waals surface area contributed by atoms with E-state index >= 15 is 0 Å². The molecule has 0 radical (unpaired) electrons. The largest absolute Gasteiger partial charge is 0.493 e. The van der Waals surface area contributed by atoms with Crippen molar-refractivity contribution >= 4 is 18.3 Å². The van der Waals surface area contributed by atoms with E-state index in [1.165, 1.54) is 86.6 Å². The third-order valence-corrected chi connectivity index (χ3v) is 12.1. The lowest BCUT2D eigenvalue weighted by atomic mass is 9.68. The lowest BCUT2D eigenvalue weighted by molar-refractivity contribution is -0.122. The molecule has 3 aliphatic rings. The Morgan fingerprint density at radius 1 is 0.816 bits per heavy atom. The van der Waals surface area contributed by atoms with Crippen LogP contribution in [0.25, 0.3) is 0 Å². The van der Waals surface area contributed by atoms with Crippen LogP contribution < -0.4 is 14.8 Å². The standard InChI is InChI=1S/C43H58N2O3.ClH/c1-47-39-31-35-22-26-42(33-36(35)32-40(39)48-2)23-12-13-28-45(42)29-15-25-43(37-18-8-4-9-19-37,38-20-10-5-11-21-38)24-14-27-44-41(46)30-34-16-6-3-7-17-34;/h4-5,8-11,18-21,31-32,34H,3,6-7,12-17,22-30,33H2,1-2H3,(H,44,46);1H.